The van der Waals surface area contributed by atoms with Crippen molar-refractivity contribution in [3.63, 3.8) is 0 Å². The minimum atomic E-state index is -0.408. The van der Waals surface area contributed by atoms with Crippen molar-refractivity contribution in [3.8, 4) is 0 Å². The predicted octanol–water partition coefficient (Wildman–Crippen LogP) is 1.93. The normalized spacial score (nSPS) is 19.7. The molecule has 0 aromatic rings. The van der Waals surface area contributed by atoms with Crippen molar-refractivity contribution in [1.29, 1.82) is 0 Å². The molecule has 1 saturated heterocycles. The van der Waals surface area contributed by atoms with E-state index in [4.69, 9.17) is 4.74 Å². The molecule has 118 valence electrons. The molecule has 0 aliphatic carbocycles. The van der Waals surface area contributed by atoms with E-state index in [1.807, 2.05) is 25.7 Å². The van der Waals surface area contributed by atoms with Crippen molar-refractivity contribution in [1.82, 2.24) is 15.1 Å². The van der Waals surface area contributed by atoms with Crippen LogP contribution in [0.25, 0.3) is 0 Å². The fraction of sp³-hybridized carbons (Fsp3) is 0.933. The number of ether oxygens (including phenoxy) is 1. The fourth-order valence-electron chi connectivity index (χ4n) is 2.28. The Morgan fingerprint density at radius 1 is 1.35 bits per heavy atom. The van der Waals surface area contributed by atoms with Gasteiger partial charge in [0.1, 0.15) is 5.60 Å². The highest BCUT2D eigenvalue weighted by Crippen LogP contribution is 2.15. The zero-order valence-electron chi connectivity index (χ0n) is 13.7. The zero-order valence-corrected chi connectivity index (χ0v) is 13.7. The van der Waals surface area contributed by atoms with Gasteiger partial charge in [0.2, 0.25) is 0 Å². The van der Waals surface area contributed by atoms with Crippen molar-refractivity contribution < 1.29 is 9.53 Å². The van der Waals surface area contributed by atoms with E-state index in [2.05, 4.69) is 24.3 Å². The number of carbonyl (C=O) groups excluding carboxylic acids is 1. The summed E-state index contributed by atoms with van der Waals surface area (Å²) in [6, 6.07) is 0.418. The van der Waals surface area contributed by atoms with Gasteiger partial charge in [0.15, 0.2) is 0 Å². The molecule has 1 fully saturated rings. The standard InChI is InChI=1S/C15H31N3O2/c1-15(2,3)20-14(19)18-11-8-13(12-18)16-9-6-7-10-17(4)5/h13,16H,6-12H2,1-5H3. The van der Waals surface area contributed by atoms with Crippen LogP contribution >= 0.6 is 0 Å². The van der Waals surface area contributed by atoms with Gasteiger partial charge in [-0.3, -0.25) is 0 Å². The number of unbranched alkanes of at least 4 members (excludes halogenated alkanes) is 1. The Balaban J connectivity index is 2.15. The van der Waals surface area contributed by atoms with E-state index in [-0.39, 0.29) is 6.09 Å². The largest absolute Gasteiger partial charge is 0.444 e. The Labute approximate surface area is 123 Å². The molecule has 1 amide bonds. The zero-order chi connectivity index (χ0) is 15.2. The molecule has 1 rings (SSSR count). The molecule has 1 unspecified atom stereocenters. The molecular formula is C15H31N3O2. The average Bonchev–Trinajstić information content (AvgIpc) is 2.74. The number of hydrogen-bond acceptors (Lipinski definition) is 4. The lowest BCUT2D eigenvalue weighted by Gasteiger charge is -2.24. The summed E-state index contributed by atoms with van der Waals surface area (Å²) in [4.78, 5) is 15.9. The van der Waals surface area contributed by atoms with E-state index in [9.17, 15) is 4.79 Å². The van der Waals surface area contributed by atoms with E-state index in [1.165, 1.54) is 12.8 Å². The monoisotopic (exact) mass is 285 g/mol. The number of hydrogen-bond donors (Lipinski definition) is 1. The Bertz CT molecular complexity index is 300. The highest BCUT2D eigenvalue weighted by molar-refractivity contribution is 5.68. The van der Waals surface area contributed by atoms with Gasteiger partial charge < -0.3 is 19.9 Å². The molecule has 1 N–H and O–H groups in total. The summed E-state index contributed by atoms with van der Waals surface area (Å²) >= 11 is 0. The smallest absolute Gasteiger partial charge is 0.410 e. The average molecular weight is 285 g/mol. The molecule has 20 heavy (non-hydrogen) atoms. The summed E-state index contributed by atoms with van der Waals surface area (Å²) in [5.41, 5.74) is -0.408. The van der Waals surface area contributed by atoms with Gasteiger partial charge in [-0.05, 0) is 67.2 Å². The second kappa shape index (κ2) is 7.84. The third-order valence-corrected chi connectivity index (χ3v) is 3.31. The van der Waals surface area contributed by atoms with Crippen LogP contribution in [-0.2, 0) is 4.74 Å². The van der Waals surface area contributed by atoms with Gasteiger partial charge in [0.05, 0.1) is 0 Å². The first-order chi connectivity index (χ1) is 9.28. The molecule has 0 bridgehead atoms. The molecule has 5 heteroatoms. The van der Waals surface area contributed by atoms with Crippen LogP contribution in [0.2, 0.25) is 0 Å². The first kappa shape index (κ1) is 17.2. The second-order valence-corrected chi connectivity index (χ2v) is 6.88. The van der Waals surface area contributed by atoms with Crippen LogP contribution in [-0.4, -0.2) is 67.8 Å². The lowest BCUT2D eigenvalue weighted by Crippen LogP contribution is -2.38. The van der Waals surface area contributed by atoms with E-state index in [0.717, 1.165) is 32.6 Å². The van der Waals surface area contributed by atoms with Crippen LogP contribution in [0, 0.1) is 0 Å². The van der Waals surface area contributed by atoms with Gasteiger partial charge in [-0.15, -0.1) is 0 Å². The molecule has 0 aromatic heterocycles. The predicted molar refractivity (Wildman–Crippen MR) is 82.0 cm³/mol. The van der Waals surface area contributed by atoms with E-state index in [0.29, 0.717) is 6.04 Å². The van der Waals surface area contributed by atoms with E-state index >= 15 is 0 Å². The van der Waals surface area contributed by atoms with Gasteiger partial charge in [0.25, 0.3) is 0 Å². The summed E-state index contributed by atoms with van der Waals surface area (Å²) < 4.78 is 5.39. The van der Waals surface area contributed by atoms with Gasteiger partial charge >= 0.3 is 6.09 Å². The second-order valence-electron chi connectivity index (χ2n) is 6.88. The van der Waals surface area contributed by atoms with Crippen molar-refractivity contribution in [3.05, 3.63) is 0 Å². The van der Waals surface area contributed by atoms with Gasteiger partial charge in [-0.25, -0.2) is 4.79 Å². The highest BCUT2D eigenvalue weighted by Gasteiger charge is 2.29. The van der Waals surface area contributed by atoms with Crippen LogP contribution in [0.3, 0.4) is 0 Å². The molecule has 0 aromatic carbocycles. The number of amides is 1. The Morgan fingerprint density at radius 2 is 2.05 bits per heavy atom. The number of carbonyl (C=O) groups is 1. The van der Waals surface area contributed by atoms with Crippen molar-refractivity contribution in [2.45, 2.75) is 51.7 Å². The SMILES string of the molecule is CN(C)CCCCNC1CCN(C(=O)OC(C)(C)C)C1. The summed E-state index contributed by atoms with van der Waals surface area (Å²) in [6.45, 7) is 9.44. The number of rotatable bonds is 6. The number of nitrogens with zero attached hydrogens (tertiary/aromatic N) is 2. The molecule has 1 aliphatic rings. The van der Waals surface area contributed by atoms with Crippen molar-refractivity contribution in [2.75, 3.05) is 40.3 Å². The molecule has 0 saturated carbocycles. The lowest BCUT2D eigenvalue weighted by molar-refractivity contribution is 0.0291. The molecule has 1 atom stereocenters. The Morgan fingerprint density at radius 3 is 2.65 bits per heavy atom. The molecule has 1 aliphatic heterocycles. The maximum atomic E-state index is 11.9. The number of likely N-dealkylation sites (tertiary alicyclic amines) is 1. The third-order valence-electron chi connectivity index (χ3n) is 3.31. The summed E-state index contributed by atoms with van der Waals surface area (Å²) in [5, 5.41) is 3.54. The summed E-state index contributed by atoms with van der Waals surface area (Å²) in [5.74, 6) is 0. The Kier molecular flexibility index (Phi) is 6.76. The summed E-state index contributed by atoms with van der Waals surface area (Å²) in [7, 11) is 4.20. The fourth-order valence-corrected chi connectivity index (χ4v) is 2.28. The molecule has 0 spiro atoms. The maximum Gasteiger partial charge on any atom is 0.410 e. The van der Waals surface area contributed by atoms with Crippen LogP contribution in [0.15, 0.2) is 0 Å². The maximum absolute atomic E-state index is 11.9. The Hall–Kier alpha value is -0.810. The quantitative estimate of drug-likeness (QED) is 0.757. The highest BCUT2D eigenvalue weighted by atomic mass is 16.6. The van der Waals surface area contributed by atoms with Crippen LogP contribution < -0.4 is 5.32 Å². The first-order valence-electron chi connectivity index (χ1n) is 7.64. The molecule has 5 nitrogen and oxygen atoms in total. The van der Waals surface area contributed by atoms with Crippen molar-refractivity contribution in [2.24, 2.45) is 0 Å². The van der Waals surface area contributed by atoms with E-state index in [1.54, 1.807) is 0 Å². The van der Waals surface area contributed by atoms with Gasteiger partial charge in [0, 0.05) is 19.1 Å². The van der Waals surface area contributed by atoms with Crippen LogP contribution in [0.4, 0.5) is 4.79 Å². The van der Waals surface area contributed by atoms with Gasteiger partial charge in [-0.2, -0.15) is 0 Å². The first-order valence-corrected chi connectivity index (χ1v) is 7.64. The minimum Gasteiger partial charge on any atom is -0.444 e. The molecule has 1 heterocycles. The lowest BCUT2D eigenvalue weighted by atomic mass is 10.2. The van der Waals surface area contributed by atoms with E-state index < -0.39 is 5.60 Å². The summed E-state index contributed by atoms with van der Waals surface area (Å²) in [6.07, 6.45) is 3.23. The third kappa shape index (κ3) is 7.10. The van der Waals surface area contributed by atoms with Crippen LogP contribution in [0.1, 0.15) is 40.0 Å². The van der Waals surface area contributed by atoms with Crippen LogP contribution in [0.5, 0.6) is 0 Å². The topological polar surface area (TPSA) is 44.8 Å². The van der Waals surface area contributed by atoms with Gasteiger partial charge in [-0.1, -0.05) is 0 Å². The van der Waals surface area contributed by atoms with Crippen molar-refractivity contribution >= 4 is 6.09 Å². The minimum absolute atomic E-state index is 0.186. The molecular weight excluding hydrogens is 254 g/mol. The number of nitrogens with one attached hydrogen (secondary N) is 1. The molecule has 0 radical (unpaired) electrons.